The summed E-state index contributed by atoms with van der Waals surface area (Å²) >= 11 is 3.54. The molecule has 0 amide bonds. The molecule has 0 saturated carbocycles. The van der Waals surface area contributed by atoms with Gasteiger partial charge in [-0.1, -0.05) is 29.8 Å². The summed E-state index contributed by atoms with van der Waals surface area (Å²) in [7, 11) is 0. The largest absolute Gasteiger partial charge is 0.381 e. The van der Waals surface area contributed by atoms with Gasteiger partial charge >= 0.3 is 0 Å². The van der Waals surface area contributed by atoms with Gasteiger partial charge in [0.25, 0.3) is 0 Å². The molecule has 1 unspecified atom stereocenters. The van der Waals surface area contributed by atoms with E-state index in [-0.39, 0.29) is 0 Å². The number of alkyl halides is 1. The topological polar surface area (TPSA) is 9.23 Å². The van der Waals surface area contributed by atoms with Crippen molar-refractivity contribution in [2.75, 3.05) is 18.5 Å². The average molecular weight is 221 g/mol. The highest BCUT2D eigenvalue weighted by Crippen LogP contribution is 2.38. The smallest absolute Gasteiger partial charge is 0.0471 e. The highest BCUT2D eigenvalue weighted by atomic mass is 79.9. The molecular formula is C9H17BrO. The predicted octanol–water partition coefficient (Wildman–Crippen LogP) is 2.83. The van der Waals surface area contributed by atoms with Crippen LogP contribution in [0, 0.1) is 11.3 Å². The van der Waals surface area contributed by atoms with E-state index in [9.17, 15) is 0 Å². The van der Waals surface area contributed by atoms with Gasteiger partial charge in [-0.3, -0.25) is 0 Å². The number of ether oxygens (including phenoxy) is 1. The summed E-state index contributed by atoms with van der Waals surface area (Å²) in [4.78, 5) is 0. The van der Waals surface area contributed by atoms with E-state index >= 15 is 0 Å². The molecule has 2 heteroatoms. The molecular weight excluding hydrogens is 204 g/mol. The fraction of sp³-hybridized carbons (Fsp3) is 1.00. The first kappa shape index (κ1) is 9.53. The van der Waals surface area contributed by atoms with Crippen LogP contribution in [0.25, 0.3) is 0 Å². The van der Waals surface area contributed by atoms with Gasteiger partial charge in [0, 0.05) is 18.5 Å². The van der Waals surface area contributed by atoms with Gasteiger partial charge in [-0.25, -0.2) is 0 Å². The standard InChI is InChI=1S/C9H17BrO/c1-8(7-10)9(2)3-5-11-6-4-9/h8H,3-7H2,1-2H3. The van der Waals surface area contributed by atoms with Crippen molar-refractivity contribution in [1.82, 2.24) is 0 Å². The molecule has 0 aromatic rings. The minimum atomic E-state index is 0.516. The van der Waals surface area contributed by atoms with Crippen LogP contribution >= 0.6 is 15.9 Å². The van der Waals surface area contributed by atoms with Crippen molar-refractivity contribution in [3.63, 3.8) is 0 Å². The molecule has 1 atom stereocenters. The second-order valence-corrected chi connectivity index (χ2v) is 4.47. The van der Waals surface area contributed by atoms with Crippen LogP contribution in [-0.2, 0) is 4.74 Å². The van der Waals surface area contributed by atoms with Crippen LogP contribution in [0.3, 0.4) is 0 Å². The fourth-order valence-electron chi connectivity index (χ4n) is 1.52. The lowest BCUT2D eigenvalue weighted by atomic mass is 9.73. The Kier molecular flexibility index (Phi) is 3.38. The molecule has 11 heavy (non-hydrogen) atoms. The fourth-order valence-corrected chi connectivity index (χ4v) is 2.30. The quantitative estimate of drug-likeness (QED) is 0.651. The maximum Gasteiger partial charge on any atom is 0.0471 e. The number of hydrogen-bond donors (Lipinski definition) is 0. The molecule has 1 nitrogen and oxygen atoms in total. The first-order chi connectivity index (χ1) is 5.19. The van der Waals surface area contributed by atoms with E-state index in [1.807, 2.05) is 0 Å². The van der Waals surface area contributed by atoms with Crippen molar-refractivity contribution < 1.29 is 4.74 Å². The lowest BCUT2D eigenvalue weighted by Crippen LogP contribution is -2.33. The minimum Gasteiger partial charge on any atom is -0.381 e. The van der Waals surface area contributed by atoms with Crippen LogP contribution < -0.4 is 0 Å². The van der Waals surface area contributed by atoms with Crippen LogP contribution in [0.1, 0.15) is 26.7 Å². The Morgan fingerprint density at radius 1 is 1.45 bits per heavy atom. The van der Waals surface area contributed by atoms with Crippen molar-refractivity contribution in [1.29, 1.82) is 0 Å². The summed E-state index contributed by atoms with van der Waals surface area (Å²) in [6, 6.07) is 0. The Morgan fingerprint density at radius 3 is 2.45 bits per heavy atom. The van der Waals surface area contributed by atoms with Crippen molar-refractivity contribution in [2.45, 2.75) is 26.7 Å². The van der Waals surface area contributed by atoms with Crippen LogP contribution in [0.2, 0.25) is 0 Å². The molecule has 1 heterocycles. The third-order valence-electron chi connectivity index (χ3n) is 3.06. The van der Waals surface area contributed by atoms with Crippen molar-refractivity contribution in [3.8, 4) is 0 Å². The van der Waals surface area contributed by atoms with Crippen molar-refractivity contribution in [3.05, 3.63) is 0 Å². The van der Waals surface area contributed by atoms with E-state index in [2.05, 4.69) is 29.8 Å². The molecule has 0 radical (unpaired) electrons. The predicted molar refractivity (Wildman–Crippen MR) is 51.1 cm³/mol. The molecule has 1 aliphatic rings. The Hall–Kier alpha value is 0.440. The molecule has 1 fully saturated rings. The summed E-state index contributed by atoms with van der Waals surface area (Å²) in [5, 5.41) is 1.11. The second-order valence-electron chi connectivity index (χ2n) is 3.82. The van der Waals surface area contributed by atoms with Crippen LogP contribution in [-0.4, -0.2) is 18.5 Å². The molecule has 0 aromatic heterocycles. The molecule has 1 saturated heterocycles. The zero-order valence-corrected chi connectivity index (χ0v) is 8.99. The van der Waals surface area contributed by atoms with Gasteiger partial charge in [0.2, 0.25) is 0 Å². The number of hydrogen-bond acceptors (Lipinski definition) is 1. The molecule has 66 valence electrons. The Balaban J connectivity index is 2.49. The van der Waals surface area contributed by atoms with Gasteiger partial charge in [-0.2, -0.15) is 0 Å². The average Bonchev–Trinajstić information content (AvgIpc) is 2.04. The highest BCUT2D eigenvalue weighted by Gasteiger charge is 2.32. The van der Waals surface area contributed by atoms with Gasteiger partial charge in [-0.05, 0) is 24.2 Å². The molecule has 1 aliphatic heterocycles. The second kappa shape index (κ2) is 3.90. The van der Waals surface area contributed by atoms with E-state index in [1.54, 1.807) is 0 Å². The first-order valence-corrected chi connectivity index (χ1v) is 5.45. The first-order valence-electron chi connectivity index (χ1n) is 4.33. The lowest BCUT2D eigenvalue weighted by Gasteiger charge is -2.38. The van der Waals surface area contributed by atoms with Crippen molar-refractivity contribution in [2.24, 2.45) is 11.3 Å². The summed E-state index contributed by atoms with van der Waals surface area (Å²) in [6.07, 6.45) is 2.44. The third kappa shape index (κ3) is 2.19. The van der Waals surface area contributed by atoms with E-state index in [0.717, 1.165) is 24.5 Å². The summed E-state index contributed by atoms with van der Waals surface area (Å²) < 4.78 is 5.34. The van der Waals surface area contributed by atoms with E-state index in [0.29, 0.717) is 5.41 Å². The van der Waals surface area contributed by atoms with Gasteiger partial charge in [-0.15, -0.1) is 0 Å². The van der Waals surface area contributed by atoms with E-state index < -0.39 is 0 Å². The minimum absolute atomic E-state index is 0.516. The monoisotopic (exact) mass is 220 g/mol. The van der Waals surface area contributed by atoms with Crippen LogP contribution in [0.4, 0.5) is 0 Å². The van der Waals surface area contributed by atoms with Gasteiger partial charge in [0.05, 0.1) is 0 Å². The van der Waals surface area contributed by atoms with Crippen LogP contribution in [0.15, 0.2) is 0 Å². The highest BCUT2D eigenvalue weighted by molar-refractivity contribution is 9.09. The van der Waals surface area contributed by atoms with Crippen LogP contribution in [0.5, 0.6) is 0 Å². The Labute approximate surface area is 77.6 Å². The maximum atomic E-state index is 5.34. The van der Waals surface area contributed by atoms with Gasteiger partial charge < -0.3 is 4.74 Å². The molecule has 0 spiro atoms. The zero-order chi connectivity index (χ0) is 8.32. The SMILES string of the molecule is CC(CBr)C1(C)CCOCC1. The Bertz CT molecular complexity index is 119. The number of rotatable bonds is 2. The summed E-state index contributed by atoms with van der Waals surface area (Å²) in [5.74, 6) is 0.770. The number of halogens is 1. The maximum absolute atomic E-state index is 5.34. The normalized spacial score (nSPS) is 26.5. The zero-order valence-electron chi connectivity index (χ0n) is 7.40. The van der Waals surface area contributed by atoms with E-state index in [4.69, 9.17) is 4.74 Å². The lowest BCUT2D eigenvalue weighted by molar-refractivity contribution is 0.00190. The molecule has 0 aliphatic carbocycles. The van der Waals surface area contributed by atoms with Gasteiger partial charge in [0.1, 0.15) is 0 Å². The van der Waals surface area contributed by atoms with E-state index in [1.165, 1.54) is 12.8 Å². The Morgan fingerprint density at radius 2 is 2.00 bits per heavy atom. The molecule has 1 rings (SSSR count). The summed E-state index contributed by atoms with van der Waals surface area (Å²) in [5.41, 5.74) is 0.516. The molecule has 0 N–H and O–H groups in total. The van der Waals surface area contributed by atoms with Gasteiger partial charge in [0.15, 0.2) is 0 Å². The molecule has 0 aromatic carbocycles. The third-order valence-corrected chi connectivity index (χ3v) is 4.03. The molecule has 0 bridgehead atoms. The van der Waals surface area contributed by atoms with Crippen molar-refractivity contribution >= 4 is 15.9 Å². The summed E-state index contributed by atoms with van der Waals surface area (Å²) in [6.45, 7) is 6.60.